The summed E-state index contributed by atoms with van der Waals surface area (Å²) >= 11 is 0. The predicted octanol–water partition coefficient (Wildman–Crippen LogP) is 4.15. The van der Waals surface area contributed by atoms with Gasteiger partial charge in [0.1, 0.15) is 0 Å². The average molecular weight is 325 g/mol. The standard InChI is InChI=1S/C16H18F3N3O/c1-9(2)22-13-6-4-3-5-10(13)15(21-22)11-7-14(23-16(18)19)20-8-12(11)17/h7-9,16H,3-6H2,1-2H3. The molecule has 2 heterocycles. The first-order valence-electron chi connectivity index (χ1n) is 7.68. The predicted molar refractivity (Wildman–Crippen MR) is 79.1 cm³/mol. The number of hydrogen-bond acceptors (Lipinski definition) is 3. The molecular formula is C16H18F3N3O. The number of ether oxygens (including phenoxy) is 1. The van der Waals surface area contributed by atoms with Crippen LogP contribution in [0.4, 0.5) is 13.2 Å². The SMILES string of the molecule is CC(C)n1nc(-c2cc(OC(F)F)ncc2F)c2c1CCCC2. The van der Waals surface area contributed by atoms with Gasteiger partial charge in [0.2, 0.25) is 5.88 Å². The Balaban J connectivity index is 2.11. The zero-order chi connectivity index (χ0) is 16.6. The molecule has 0 saturated carbocycles. The van der Waals surface area contributed by atoms with Crippen LogP contribution < -0.4 is 4.74 Å². The molecule has 0 radical (unpaired) electrons. The van der Waals surface area contributed by atoms with Crippen LogP contribution in [0.25, 0.3) is 11.3 Å². The Hall–Kier alpha value is -2.05. The highest BCUT2D eigenvalue weighted by Gasteiger charge is 2.25. The molecule has 0 aliphatic heterocycles. The molecule has 2 aromatic heterocycles. The van der Waals surface area contributed by atoms with E-state index in [0.717, 1.165) is 43.1 Å². The Kier molecular flexibility index (Phi) is 4.28. The van der Waals surface area contributed by atoms with Gasteiger partial charge in [0.25, 0.3) is 0 Å². The second-order valence-electron chi connectivity index (χ2n) is 5.90. The first kappa shape index (κ1) is 15.8. The minimum atomic E-state index is -3.00. The van der Waals surface area contributed by atoms with E-state index >= 15 is 0 Å². The third kappa shape index (κ3) is 3.04. The van der Waals surface area contributed by atoms with Crippen LogP contribution >= 0.6 is 0 Å². The van der Waals surface area contributed by atoms with Crippen molar-refractivity contribution in [2.75, 3.05) is 0 Å². The largest absolute Gasteiger partial charge is 0.417 e. The molecule has 0 bridgehead atoms. The van der Waals surface area contributed by atoms with Gasteiger partial charge < -0.3 is 4.74 Å². The van der Waals surface area contributed by atoms with Crippen LogP contribution in [0.2, 0.25) is 0 Å². The van der Waals surface area contributed by atoms with E-state index in [2.05, 4.69) is 14.8 Å². The van der Waals surface area contributed by atoms with Crippen molar-refractivity contribution < 1.29 is 17.9 Å². The molecule has 0 unspecified atom stereocenters. The fourth-order valence-corrected chi connectivity index (χ4v) is 3.03. The summed E-state index contributed by atoms with van der Waals surface area (Å²) in [5.41, 5.74) is 2.77. The quantitative estimate of drug-likeness (QED) is 0.848. The second kappa shape index (κ2) is 6.22. The van der Waals surface area contributed by atoms with Gasteiger partial charge in [-0.2, -0.15) is 13.9 Å². The van der Waals surface area contributed by atoms with E-state index in [1.54, 1.807) is 0 Å². The number of hydrogen-bond donors (Lipinski definition) is 0. The molecule has 0 amide bonds. The van der Waals surface area contributed by atoms with Crippen molar-refractivity contribution in [1.82, 2.24) is 14.8 Å². The lowest BCUT2D eigenvalue weighted by molar-refractivity contribution is -0.0528. The Morgan fingerprint density at radius 3 is 2.65 bits per heavy atom. The summed E-state index contributed by atoms with van der Waals surface area (Å²) < 4.78 is 45.1. The van der Waals surface area contributed by atoms with Crippen LogP contribution in [0.5, 0.6) is 5.88 Å². The average Bonchev–Trinajstić information content (AvgIpc) is 2.88. The van der Waals surface area contributed by atoms with E-state index in [-0.39, 0.29) is 17.5 Å². The molecule has 0 aromatic carbocycles. The zero-order valence-electron chi connectivity index (χ0n) is 13.0. The van der Waals surface area contributed by atoms with E-state index in [1.807, 2.05) is 18.5 Å². The lowest BCUT2D eigenvalue weighted by Gasteiger charge is -2.16. The van der Waals surface area contributed by atoms with Crippen LogP contribution in [-0.2, 0) is 12.8 Å². The van der Waals surface area contributed by atoms with Crippen molar-refractivity contribution >= 4 is 0 Å². The summed E-state index contributed by atoms with van der Waals surface area (Å²) in [6.07, 6.45) is 4.69. The van der Waals surface area contributed by atoms with Crippen molar-refractivity contribution in [3.05, 3.63) is 29.3 Å². The number of nitrogens with zero attached hydrogens (tertiary/aromatic N) is 3. The number of fused-ring (bicyclic) bond motifs is 1. The summed E-state index contributed by atoms with van der Waals surface area (Å²) in [4.78, 5) is 3.55. The zero-order valence-corrected chi connectivity index (χ0v) is 13.0. The van der Waals surface area contributed by atoms with Crippen molar-refractivity contribution in [2.45, 2.75) is 52.2 Å². The third-order valence-corrected chi connectivity index (χ3v) is 3.99. The van der Waals surface area contributed by atoms with Crippen LogP contribution in [-0.4, -0.2) is 21.4 Å². The minimum absolute atomic E-state index is 0.150. The highest BCUT2D eigenvalue weighted by atomic mass is 19.3. The maximum Gasteiger partial charge on any atom is 0.388 e. The van der Waals surface area contributed by atoms with E-state index < -0.39 is 12.4 Å². The monoisotopic (exact) mass is 325 g/mol. The van der Waals surface area contributed by atoms with E-state index in [9.17, 15) is 13.2 Å². The number of aromatic nitrogens is 3. The molecule has 1 aliphatic carbocycles. The summed E-state index contributed by atoms with van der Waals surface area (Å²) in [5, 5.41) is 4.55. The molecule has 0 N–H and O–H groups in total. The molecule has 0 saturated heterocycles. The van der Waals surface area contributed by atoms with Gasteiger partial charge in [-0.1, -0.05) is 0 Å². The lowest BCUT2D eigenvalue weighted by atomic mass is 9.93. The molecule has 0 atom stereocenters. The van der Waals surface area contributed by atoms with E-state index in [1.165, 1.54) is 6.07 Å². The van der Waals surface area contributed by atoms with Crippen LogP contribution in [0, 0.1) is 5.82 Å². The Bertz CT molecular complexity index is 713. The van der Waals surface area contributed by atoms with Crippen molar-refractivity contribution in [1.29, 1.82) is 0 Å². The molecule has 7 heteroatoms. The number of alkyl halides is 2. The van der Waals surface area contributed by atoms with E-state index in [0.29, 0.717) is 5.69 Å². The summed E-state index contributed by atoms with van der Waals surface area (Å²) in [6.45, 7) is 1.03. The van der Waals surface area contributed by atoms with Crippen molar-refractivity contribution in [2.24, 2.45) is 0 Å². The summed E-state index contributed by atoms with van der Waals surface area (Å²) in [7, 11) is 0. The minimum Gasteiger partial charge on any atom is -0.417 e. The first-order valence-corrected chi connectivity index (χ1v) is 7.68. The van der Waals surface area contributed by atoms with Gasteiger partial charge in [-0.3, -0.25) is 4.68 Å². The Morgan fingerprint density at radius 1 is 1.22 bits per heavy atom. The lowest BCUT2D eigenvalue weighted by Crippen LogP contribution is -2.11. The van der Waals surface area contributed by atoms with Crippen molar-refractivity contribution in [3.63, 3.8) is 0 Å². The smallest absolute Gasteiger partial charge is 0.388 e. The summed E-state index contributed by atoms with van der Waals surface area (Å²) in [5.74, 6) is -0.895. The Morgan fingerprint density at radius 2 is 1.96 bits per heavy atom. The number of rotatable bonds is 4. The van der Waals surface area contributed by atoms with Crippen molar-refractivity contribution in [3.8, 4) is 17.1 Å². The van der Waals surface area contributed by atoms with Crippen LogP contribution in [0.3, 0.4) is 0 Å². The molecule has 3 rings (SSSR count). The molecule has 124 valence electrons. The van der Waals surface area contributed by atoms with Gasteiger partial charge >= 0.3 is 6.61 Å². The van der Waals surface area contributed by atoms with Gasteiger partial charge in [0.05, 0.1) is 11.9 Å². The highest BCUT2D eigenvalue weighted by molar-refractivity contribution is 5.66. The third-order valence-electron chi connectivity index (χ3n) is 3.99. The molecule has 1 aliphatic rings. The fraction of sp³-hybridized carbons (Fsp3) is 0.500. The molecule has 2 aromatic rings. The van der Waals surface area contributed by atoms with Crippen LogP contribution in [0.15, 0.2) is 12.3 Å². The molecule has 0 spiro atoms. The van der Waals surface area contributed by atoms with Gasteiger partial charge in [-0.15, -0.1) is 0 Å². The number of pyridine rings is 1. The topological polar surface area (TPSA) is 39.9 Å². The Labute approximate surface area is 132 Å². The van der Waals surface area contributed by atoms with Crippen LogP contribution in [0.1, 0.15) is 44.0 Å². The van der Waals surface area contributed by atoms with Gasteiger partial charge in [0, 0.05) is 28.9 Å². The molecule has 23 heavy (non-hydrogen) atoms. The molecule has 0 fully saturated rings. The van der Waals surface area contributed by atoms with Gasteiger partial charge in [-0.05, 0) is 39.5 Å². The normalized spacial score (nSPS) is 14.4. The van der Waals surface area contributed by atoms with Gasteiger partial charge in [-0.25, -0.2) is 9.37 Å². The fourth-order valence-electron chi connectivity index (χ4n) is 3.03. The maximum atomic E-state index is 14.2. The summed E-state index contributed by atoms with van der Waals surface area (Å²) in [6, 6.07) is 1.35. The van der Waals surface area contributed by atoms with Gasteiger partial charge in [0.15, 0.2) is 5.82 Å². The van der Waals surface area contributed by atoms with E-state index in [4.69, 9.17) is 0 Å². The second-order valence-corrected chi connectivity index (χ2v) is 5.90. The number of halogens is 3. The highest BCUT2D eigenvalue weighted by Crippen LogP contribution is 2.35. The molecule has 4 nitrogen and oxygen atoms in total. The molecular weight excluding hydrogens is 307 g/mol. The first-order chi connectivity index (χ1) is 11.0. The maximum absolute atomic E-state index is 14.2.